The van der Waals surface area contributed by atoms with Crippen LogP contribution in [0.25, 0.3) is 0 Å². The molecule has 3 aromatic rings. The number of ether oxygens (including phenoxy) is 1. The smallest absolute Gasteiger partial charge is 0.416 e. The number of hydrogen-bond acceptors (Lipinski definition) is 7. The first-order valence-electron chi connectivity index (χ1n) is 16.8. The third-order valence-electron chi connectivity index (χ3n) is 10.5. The van der Waals surface area contributed by atoms with Crippen LogP contribution in [0.4, 0.5) is 16.2 Å². The molecule has 1 saturated heterocycles. The fraction of sp³-hybridized carbons (Fsp3) is 0.421. The summed E-state index contributed by atoms with van der Waals surface area (Å²) in [7, 11) is 0.212. The summed E-state index contributed by atoms with van der Waals surface area (Å²) < 4.78 is 21.7. The minimum Gasteiger partial charge on any atom is -0.443 e. The summed E-state index contributed by atoms with van der Waals surface area (Å²) in [6, 6.07) is 20.1. The fourth-order valence-electron chi connectivity index (χ4n) is 8.60. The Kier molecular flexibility index (Phi) is 7.91. The molecule has 0 unspecified atom stereocenters. The lowest BCUT2D eigenvalue weighted by molar-refractivity contribution is -0.132. The van der Waals surface area contributed by atoms with Gasteiger partial charge in [-0.1, -0.05) is 52.3 Å². The van der Waals surface area contributed by atoms with Crippen LogP contribution >= 0.6 is 15.9 Å². The molecule has 4 atom stereocenters. The Balaban J connectivity index is 1.51. The highest BCUT2D eigenvalue weighted by Gasteiger charge is 2.74. The van der Waals surface area contributed by atoms with E-state index >= 15 is 4.79 Å². The van der Waals surface area contributed by atoms with Crippen LogP contribution in [0.3, 0.4) is 0 Å². The van der Waals surface area contributed by atoms with E-state index in [2.05, 4.69) is 15.9 Å². The second-order valence-electron chi connectivity index (χ2n) is 15.5. The Hall–Kier alpha value is -4.03. The number of benzene rings is 3. The molecule has 0 N–H and O–H groups in total. The van der Waals surface area contributed by atoms with Crippen LogP contribution in [-0.4, -0.2) is 73.9 Å². The number of rotatable bonds is 4. The van der Waals surface area contributed by atoms with Crippen LogP contribution in [-0.2, 0) is 31.3 Å². The van der Waals surface area contributed by atoms with E-state index in [4.69, 9.17) is 4.74 Å². The Morgan fingerprint density at radius 3 is 2.14 bits per heavy atom. The van der Waals surface area contributed by atoms with Crippen molar-refractivity contribution in [1.82, 2.24) is 9.21 Å². The Labute approximate surface area is 303 Å². The van der Waals surface area contributed by atoms with E-state index in [1.807, 2.05) is 75.2 Å². The number of nitrogens with zero attached hydrogens (tertiary/aromatic N) is 4. The lowest BCUT2D eigenvalue weighted by atomic mass is 9.51. The van der Waals surface area contributed by atoms with Crippen LogP contribution < -0.4 is 9.80 Å². The van der Waals surface area contributed by atoms with Gasteiger partial charge in [0.05, 0.1) is 32.4 Å². The number of hydrogen-bond donors (Lipinski definition) is 0. The number of anilines is 2. The number of para-hydroxylation sites is 1. The molecule has 4 aliphatic heterocycles. The van der Waals surface area contributed by atoms with Gasteiger partial charge in [-0.3, -0.25) is 28.5 Å². The number of carbonyl (C=O) groups excluding carboxylic acids is 4. The molecule has 0 aromatic heterocycles. The Morgan fingerprint density at radius 2 is 1.52 bits per heavy atom. The molecule has 262 valence electrons. The van der Waals surface area contributed by atoms with Gasteiger partial charge in [-0.2, -0.15) is 0 Å². The predicted octanol–water partition coefficient (Wildman–Crippen LogP) is 6.54. The number of amides is 4. The molecule has 4 aliphatic rings. The maximum atomic E-state index is 15.5. The van der Waals surface area contributed by atoms with Crippen molar-refractivity contribution >= 4 is 62.1 Å². The van der Waals surface area contributed by atoms with E-state index < -0.39 is 56.2 Å². The third kappa shape index (κ3) is 4.73. The average molecular weight is 762 g/mol. The van der Waals surface area contributed by atoms with Crippen molar-refractivity contribution in [2.24, 2.45) is 0 Å². The van der Waals surface area contributed by atoms with Gasteiger partial charge in [-0.15, -0.1) is 0 Å². The molecule has 7 rings (SSSR count). The molecule has 50 heavy (non-hydrogen) atoms. The number of imide groups is 1. The highest BCUT2D eigenvalue weighted by atomic mass is 79.9. The zero-order valence-electron chi connectivity index (χ0n) is 29.3. The SMILES string of the molecule is CN1c2ccccc2[C@]2(CCN3C(=O)c4ccccc4C3=O)[C@H]1N(C(=O)OC(C)(C)C)c1cc(Br)ccc1[C@]21CCN([S@@](=O)C(C)(C)C)C1=O. The lowest BCUT2D eigenvalue weighted by Crippen LogP contribution is -2.71. The van der Waals surface area contributed by atoms with Crippen molar-refractivity contribution in [1.29, 1.82) is 0 Å². The first-order valence-corrected chi connectivity index (χ1v) is 18.7. The largest absolute Gasteiger partial charge is 0.443 e. The standard InChI is InChI=1S/C38H41BrN4O6S/c1-35(2,3)49-34(47)43-29-22-23(39)16-17-27(29)38(19-21-42(33(38)46)50(48)36(4,5)6)37(26-14-10-11-15-28(26)40(7)32(37)43)18-20-41-30(44)24-12-8-9-13-25(24)31(41)45/h8-17,22,32H,18-21H2,1-7H3/t32-,37-,38+,50+/m1/s1. The minimum atomic E-state index is -1.68. The summed E-state index contributed by atoms with van der Waals surface area (Å²) in [6.07, 6.45) is -0.979. The lowest BCUT2D eigenvalue weighted by Gasteiger charge is -2.57. The number of fused-ring (bicyclic) bond motifs is 7. The van der Waals surface area contributed by atoms with Gasteiger partial charge >= 0.3 is 6.09 Å². The summed E-state index contributed by atoms with van der Waals surface area (Å²) in [6.45, 7) is 11.2. The van der Waals surface area contributed by atoms with Gasteiger partial charge in [0.2, 0.25) is 5.91 Å². The molecular formula is C38H41BrN4O6S. The van der Waals surface area contributed by atoms with Crippen LogP contribution in [0.2, 0.25) is 0 Å². The van der Waals surface area contributed by atoms with Crippen molar-refractivity contribution in [3.8, 4) is 0 Å². The number of carbonyl (C=O) groups is 4. The van der Waals surface area contributed by atoms with Crippen LogP contribution in [0.15, 0.2) is 71.2 Å². The second kappa shape index (κ2) is 11.5. The van der Waals surface area contributed by atoms with Crippen molar-refractivity contribution in [2.75, 3.05) is 29.9 Å². The normalized spacial score (nSPS) is 24.8. The second-order valence-corrected chi connectivity index (χ2v) is 18.5. The Bertz CT molecular complexity index is 1970. The minimum absolute atomic E-state index is 0.0174. The number of halogens is 1. The molecule has 3 aromatic carbocycles. The first-order chi connectivity index (χ1) is 23.5. The molecular weight excluding hydrogens is 720 g/mol. The van der Waals surface area contributed by atoms with Crippen LogP contribution in [0.1, 0.15) is 86.2 Å². The average Bonchev–Trinajstić information content (AvgIpc) is 3.61. The predicted molar refractivity (Wildman–Crippen MR) is 195 cm³/mol. The fourth-order valence-corrected chi connectivity index (χ4v) is 10.2. The van der Waals surface area contributed by atoms with Gasteiger partial charge < -0.3 is 9.64 Å². The van der Waals surface area contributed by atoms with Gasteiger partial charge in [0.15, 0.2) is 0 Å². The van der Waals surface area contributed by atoms with Crippen LogP contribution in [0, 0.1) is 0 Å². The molecule has 4 heterocycles. The van der Waals surface area contributed by atoms with Crippen molar-refractivity contribution in [3.05, 3.63) is 93.5 Å². The third-order valence-corrected chi connectivity index (χ3v) is 12.8. The summed E-state index contributed by atoms with van der Waals surface area (Å²) in [4.78, 5) is 62.5. The van der Waals surface area contributed by atoms with Gasteiger partial charge in [0, 0.05) is 30.3 Å². The van der Waals surface area contributed by atoms with E-state index in [0.29, 0.717) is 33.3 Å². The molecule has 0 bridgehead atoms. The van der Waals surface area contributed by atoms with Gasteiger partial charge in [-0.25, -0.2) is 9.00 Å². The monoisotopic (exact) mass is 760 g/mol. The summed E-state index contributed by atoms with van der Waals surface area (Å²) >= 11 is 3.62. The van der Waals surface area contributed by atoms with Crippen molar-refractivity contribution in [2.45, 2.75) is 81.7 Å². The molecule has 10 nitrogen and oxygen atoms in total. The molecule has 0 radical (unpaired) electrons. The zero-order valence-corrected chi connectivity index (χ0v) is 31.7. The maximum Gasteiger partial charge on any atom is 0.416 e. The molecule has 4 amide bonds. The van der Waals surface area contributed by atoms with Crippen LogP contribution in [0.5, 0.6) is 0 Å². The molecule has 12 heteroatoms. The molecule has 1 fully saturated rings. The summed E-state index contributed by atoms with van der Waals surface area (Å²) in [5.74, 6) is -1.11. The highest BCUT2D eigenvalue weighted by molar-refractivity contribution is 9.10. The number of likely N-dealkylation sites (N-methyl/N-ethyl adjacent to an activating group) is 1. The van der Waals surface area contributed by atoms with Gasteiger partial charge in [0.25, 0.3) is 11.8 Å². The van der Waals surface area contributed by atoms with E-state index in [0.717, 1.165) is 11.3 Å². The van der Waals surface area contributed by atoms with E-state index in [9.17, 15) is 18.6 Å². The van der Waals surface area contributed by atoms with Gasteiger partial charge in [-0.05, 0) is 95.8 Å². The quantitative estimate of drug-likeness (QED) is 0.278. The van der Waals surface area contributed by atoms with Gasteiger partial charge in [0.1, 0.15) is 22.8 Å². The summed E-state index contributed by atoms with van der Waals surface area (Å²) in [5.41, 5.74) is -0.00185. The molecule has 1 spiro atoms. The maximum absolute atomic E-state index is 15.5. The Morgan fingerprint density at radius 1 is 0.900 bits per heavy atom. The first kappa shape index (κ1) is 34.4. The molecule has 0 saturated carbocycles. The topological polar surface area (TPSA) is 108 Å². The van der Waals surface area contributed by atoms with E-state index in [1.54, 1.807) is 49.9 Å². The van der Waals surface area contributed by atoms with Crippen molar-refractivity contribution < 1.29 is 28.1 Å². The van der Waals surface area contributed by atoms with E-state index in [1.165, 1.54) is 9.21 Å². The molecule has 0 aliphatic carbocycles. The highest BCUT2D eigenvalue weighted by Crippen LogP contribution is 2.66. The summed E-state index contributed by atoms with van der Waals surface area (Å²) in [5, 5.41) is 0. The zero-order chi connectivity index (χ0) is 36.1. The van der Waals surface area contributed by atoms with Crippen molar-refractivity contribution in [3.63, 3.8) is 0 Å². The van der Waals surface area contributed by atoms with E-state index in [-0.39, 0.29) is 25.4 Å².